The predicted octanol–water partition coefficient (Wildman–Crippen LogP) is 0.667. The second-order valence-electron chi connectivity index (χ2n) is 4.17. The summed E-state index contributed by atoms with van der Waals surface area (Å²) in [4.78, 5) is 12.2. The molecule has 0 saturated carbocycles. The standard InChI is InChI=1S/C9H16N4O4S2/c1-12(2)5-3-4-11-9-7(13(14)15)6-8(18-9)19(10,16)17/h6,11H,3-5H2,1-2H3,(H2,10,16,17). The Balaban J connectivity index is 2.81. The van der Waals surface area contributed by atoms with Gasteiger partial charge in [0.2, 0.25) is 10.0 Å². The van der Waals surface area contributed by atoms with Crippen LogP contribution in [0.4, 0.5) is 10.7 Å². The van der Waals surface area contributed by atoms with Gasteiger partial charge < -0.3 is 10.2 Å². The molecule has 0 bridgehead atoms. The van der Waals surface area contributed by atoms with Gasteiger partial charge in [-0.1, -0.05) is 11.3 Å². The quantitative estimate of drug-likeness (QED) is 0.434. The summed E-state index contributed by atoms with van der Waals surface area (Å²) in [5, 5.41) is 18.9. The van der Waals surface area contributed by atoms with Crippen LogP contribution in [-0.2, 0) is 10.0 Å². The summed E-state index contributed by atoms with van der Waals surface area (Å²) < 4.78 is 22.1. The fourth-order valence-electron chi connectivity index (χ4n) is 1.36. The van der Waals surface area contributed by atoms with Gasteiger partial charge in [0.05, 0.1) is 4.92 Å². The summed E-state index contributed by atoms with van der Waals surface area (Å²) in [6.07, 6.45) is 0.784. The number of hydrogen-bond donors (Lipinski definition) is 2. The highest BCUT2D eigenvalue weighted by atomic mass is 32.2. The average molecular weight is 308 g/mol. The monoisotopic (exact) mass is 308 g/mol. The van der Waals surface area contributed by atoms with Gasteiger partial charge in [-0.3, -0.25) is 10.1 Å². The van der Waals surface area contributed by atoms with Crippen LogP contribution in [0.5, 0.6) is 0 Å². The highest BCUT2D eigenvalue weighted by molar-refractivity contribution is 7.91. The molecule has 1 rings (SSSR count). The van der Waals surface area contributed by atoms with E-state index in [1.807, 2.05) is 19.0 Å². The number of anilines is 1. The third-order valence-corrected chi connectivity index (χ3v) is 4.74. The van der Waals surface area contributed by atoms with E-state index in [2.05, 4.69) is 5.32 Å². The summed E-state index contributed by atoms with van der Waals surface area (Å²) in [6, 6.07) is 0.980. The Hall–Kier alpha value is -1.23. The van der Waals surface area contributed by atoms with Gasteiger partial charge in [0, 0.05) is 12.6 Å². The first-order valence-corrected chi connectivity index (χ1v) is 7.77. The highest BCUT2D eigenvalue weighted by Crippen LogP contribution is 2.36. The number of nitro groups is 1. The van der Waals surface area contributed by atoms with Crippen LogP contribution in [0, 0.1) is 10.1 Å². The van der Waals surface area contributed by atoms with Gasteiger partial charge in [-0.15, -0.1) is 0 Å². The summed E-state index contributed by atoms with van der Waals surface area (Å²) >= 11 is 0.774. The van der Waals surface area contributed by atoms with Crippen LogP contribution in [-0.4, -0.2) is 45.4 Å². The van der Waals surface area contributed by atoms with Crippen molar-refractivity contribution in [1.82, 2.24) is 4.90 Å². The number of rotatable bonds is 7. The normalized spacial score (nSPS) is 11.8. The van der Waals surface area contributed by atoms with Crippen LogP contribution in [0.1, 0.15) is 6.42 Å². The predicted molar refractivity (Wildman–Crippen MR) is 74.0 cm³/mol. The summed E-state index contributed by atoms with van der Waals surface area (Å²) in [5.74, 6) is 0. The van der Waals surface area contributed by atoms with Gasteiger partial charge in [0.1, 0.15) is 4.21 Å². The summed E-state index contributed by atoms with van der Waals surface area (Å²) in [6.45, 7) is 1.35. The maximum absolute atomic E-state index is 11.2. The van der Waals surface area contributed by atoms with E-state index in [-0.39, 0.29) is 14.9 Å². The molecule has 0 saturated heterocycles. The Morgan fingerprint density at radius 1 is 1.53 bits per heavy atom. The first-order valence-electron chi connectivity index (χ1n) is 5.41. The second kappa shape index (κ2) is 6.28. The third kappa shape index (κ3) is 4.74. The lowest BCUT2D eigenvalue weighted by atomic mass is 10.4. The molecule has 0 unspecified atom stereocenters. The number of nitrogens with two attached hydrogens (primary N) is 1. The van der Waals surface area contributed by atoms with Gasteiger partial charge in [0.15, 0.2) is 5.00 Å². The van der Waals surface area contributed by atoms with E-state index in [0.717, 1.165) is 30.4 Å². The number of nitrogens with zero attached hydrogens (tertiary/aromatic N) is 2. The number of thiophene rings is 1. The van der Waals surface area contributed by atoms with Crippen LogP contribution in [0.2, 0.25) is 0 Å². The van der Waals surface area contributed by atoms with Crippen LogP contribution in [0.25, 0.3) is 0 Å². The molecule has 0 aliphatic carbocycles. The molecule has 0 fully saturated rings. The smallest absolute Gasteiger partial charge is 0.304 e. The third-order valence-electron chi connectivity index (χ3n) is 2.23. The van der Waals surface area contributed by atoms with Gasteiger partial charge in [-0.25, -0.2) is 13.6 Å². The van der Waals surface area contributed by atoms with Crippen molar-refractivity contribution >= 4 is 32.0 Å². The van der Waals surface area contributed by atoms with Crippen LogP contribution in [0.3, 0.4) is 0 Å². The lowest BCUT2D eigenvalue weighted by molar-refractivity contribution is -0.383. The van der Waals surface area contributed by atoms with Crippen molar-refractivity contribution in [2.45, 2.75) is 10.6 Å². The summed E-state index contributed by atoms with van der Waals surface area (Å²) in [5.41, 5.74) is -0.265. The number of sulfonamides is 1. The Kier molecular flexibility index (Phi) is 5.23. The van der Waals surface area contributed by atoms with Crippen molar-refractivity contribution < 1.29 is 13.3 Å². The van der Waals surface area contributed by atoms with Crippen LogP contribution in [0.15, 0.2) is 10.3 Å². The van der Waals surface area contributed by atoms with Crippen molar-refractivity contribution in [3.8, 4) is 0 Å². The average Bonchev–Trinajstić information content (AvgIpc) is 2.67. The van der Waals surface area contributed by atoms with E-state index in [9.17, 15) is 18.5 Å². The molecule has 3 N–H and O–H groups in total. The zero-order chi connectivity index (χ0) is 14.6. The SMILES string of the molecule is CN(C)CCCNc1sc(S(N)(=O)=O)cc1[N+](=O)[O-]. The molecule has 1 aromatic rings. The Morgan fingerprint density at radius 2 is 2.16 bits per heavy atom. The molecule has 1 aromatic heterocycles. The lowest BCUT2D eigenvalue weighted by Gasteiger charge is -2.09. The number of primary sulfonamides is 1. The molecule has 10 heteroatoms. The molecule has 0 spiro atoms. The van der Waals surface area contributed by atoms with Crippen molar-refractivity contribution in [3.05, 3.63) is 16.2 Å². The van der Waals surface area contributed by atoms with Gasteiger partial charge >= 0.3 is 5.69 Å². The molecule has 0 amide bonds. The zero-order valence-corrected chi connectivity index (χ0v) is 12.3. The van der Waals surface area contributed by atoms with Gasteiger partial charge in [-0.05, 0) is 27.1 Å². The van der Waals surface area contributed by atoms with Crippen molar-refractivity contribution in [2.75, 3.05) is 32.5 Å². The van der Waals surface area contributed by atoms with E-state index < -0.39 is 14.9 Å². The fraction of sp³-hybridized carbons (Fsp3) is 0.556. The molecule has 0 aliphatic heterocycles. The summed E-state index contributed by atoms with van der Waals surface area (Å²) in [7, 11) is -0.0696. The van der Waals surface area contributed by atoms with Crippen molar-refractivity contribution in [1.29, 1.82) is 0 Å². The molecule has 0 atom stereocenters. The molecule has 1 heterocycles. The van der Waals surface area contributed by atoms with E-state index >= 15 is 0 Å². The Morgan fingerprint density at radius 3 is 2.63 bits per heavy atom. The largest absolute Gasteiger partial charge is 0.371 e. The number of nitrogens with one attached hydrogen (secondary N) is 1. The molecule has 108 valence electrons. The van der Waals surface area contributed by atoms with Gasteiger partial charge in [0.25, 0.3) is 0 Å². The minimum Gasteiger partial charge on any atom is -0.371 e. The van der Waals surface area contributed by atoms with Crippen molar-refractivity contribution in [3.63, 3.8) is 0 Å². The van der Waals surface area contributed by atoms with Crippen molar-refractivity contribution in [2.24, 2.45) is 5.14 Å². The first kappa shape index (κ1) is 15.8. The number of hydrogen-bond acceptors (Lipinski definition) is 7. The Bertz CT molecular complexity index is 553. The molecule has 0 aliphatic rings. The fourth-order valence-corrected chi connectivity index (χ4v) is 3.13. The Labute approximate surface area is 115 Å². The maximum Gasteiger partial charge on any atom is 0.304 e. The zero-order valence-electron chi connectivity index (χ0n) is 10.6. The molecule has 0 radical (unpaired) electrons. The lowest BCUT2D eigenvalue weighted by Crippen LogP contribution is -2.16. The molecular weight excluding hydrogens is 292 g/mol. The van der Waals surface area contributed by atoms with E-state index in [0.29, 0.717) is 6.54 Å². The second-order valence-corrected chi connectivity index (χ2v) is 7.01. The van der Waals surface area contributed by atoms with Gasteiger partial charge in [-0.2, -0.15) is 0 Å². The maximum atomic E-state index is 11.2. The molecule has 19 heavy (non-hydrogen) atoms. The van der Waals surface area contributed by atoms with E-state index in [1.54, 1.807) is 0 Å². The highest BCUT2D eigenvalue weighted by Gasteiger charge is 2.23. The topological polar surface area (TPSA) is 119 Å². The van der Waals surface area contributed by atoms with E-state index in [1.165, 1.54) is 0 Å². The molecule has 0 aromatic carbocycles. The minimum atomic E-state index is -3.92. The minimum absolute atomic E-state index is 0.214. The molecule has 8 nitrogen and oxygen atoms in total. The molecular formula is C9H16N4O4S2. The first-order chi connectivity index (χ1) is 8.71. The van der Waals surface area contributed by atoms with Crippen LogP contribution < -0.4 is 10.5 Å². The van der Waals surface area contributed by atoms with Crippen LogP contribution >= 0.6 is 11.3 Å². The van der Waals surface area contributed by atoms with E-state index in [4.69, 9.17) is 5.14 Å².